The molecule has 1 aliphatic heterocycles. The van der Waals surface area contributed by atoms with Crippen molar-refractivity contribution in [2.24, 2.45) is 0 Å². The van der Waals surface area contributed by atoms with Gasteiger partial charge in [-0.05, 0) is 42.8 Å². The van der Waals surface area contributed by atoms with Crippen molar-refractivity contribution in [2.45, 2.75) is 12.8 Å². The van der Waals surface area contributed by atoms with E-state index in [-0.39, 0.29) is 5.28 Å². The summed E-state index contributed by atoms with van der Waals surface area (Å²) >= 11 is 12.0. The Morgan fingerprint density at radius 3 is 2.80 bits per heavy atom. The summed E-state index contributed by atoms with van der Waals surface area (Å²) in [6.07, 6.45) is 1.75. The van der Waals surface area contributed by atoms with E-state index in [1.165, 1.54) is 0 Å². The highest BCUT2D eigenvalue weighted by Crippen LogP contribution is 2.25. The van der Waals surface area contributed by atoms with Gasteiger partial charge in [0.05, 0.1) is 5.69 Å². The summed E-state index contributed by atoms with van der Waals surface area (Å²) in [5.41, 5.74) is 3.03. The summed E-state index contributed by atoms with van der Waals surface area (Å²) in [5, 5.41) is 7.60. The Labute approximate surface area is 127 Å². The van der Waals surface area contributed by atoms with Gasteiger partial charge in [-0.2, -0.15) is 0 Å². The third kappa shape index (κ3) is 3.03. The van der Waals surface area contributed by atoms with Crippen molar-refractivity contribution in [1.82, 2.24) is 15.3 Å². The van der Waals surface area contributed by atoms with E-state index in [1.807, 2.05) is 24.3 Å². The van der Waals surface area contributed by atoms with Crippen molar-refractivity contribution in [3.05, 3.63) is 45.8 Å². The molecule has 0 radical (unpaired) electrons. The van der Waals surface area contributed by atoms with Crippen molar-refractivity contribution in [3.63, 3.8) is 0 Å². The first-order valence-corrected chi connectivity index (χ1v) is 7.26. The summed E-state index contributed by atoms with van der Waals surface area (Å²) in [5.74, 6) is 0.769. The summed E-state index contributed by atoms with van der Waals surface area (Å²) in [7, 11) is 0. The van der Waals surface area contributed by atoms with Crippen LogP contribution in [0.1, 0.15) is 11.3 Å². The van der Waals surface area contributed by atoms with Gasteiger partial charge in [0.15, 0.2) is 0 Å². The standard InChI is InChI=1S/C14H14Cl2N4/c15-9-2-1-3-10(8-9)18-13-11-4-6-17-7-5-12(11)19-14(16)20-13/h1-3,8,17H,4-7H2,(H,18,19,20). The second-order valence-corrected chi connectivity index (χ2v) is 5.43. The molecule has 0 spiro atoms. The average molecular weight is 309 g/mol. The fraction of sp³-hybridized carbons (Fsp3) is 0.286. The van der Waals surface area contributed by atoms with E-state index in [2.05, 4.69) is 20.6 Å². The lowest BCUT2D eigenvalue weighted by molar-refractivity contribution is 0.708. The van der Waals surface area contributed by atoms with E-state index in [0.29, 0.717) is 5.02 Å². The summed E-state index contributed by atoms with van der Waals surface area (Å²) < 4.78 is 0. The van der Waals surface area contributed by atoms with Gasteiger partial charge in [0.2, 0.25) is 5.28 Å². The first-order chi connectivity index (χ1) is 9.72. The zero-order valence-corrected chi connectivity index (χ0v) is 12.3. The average Bonchev–Trinajstić information content (AvgIpc) is 2.64. The normalized spacial score (nSPS) is 14.5. The lowest BCUT2D eigenvalue weighted by Crippen LogP contribution is -2.16. The third-order valence-electron chi connectivity index (χ3n) is 3.24. The molecule has 0 saturated heterocycles. The molecule has 0 saturated carbocycles. The number of halogens is 2. The topological polar surface area (TPSA) is 49.8 Å². The van der Waals surface area contributed by atoms with Gasteiger partial charge in [0.1, 0.15) is 5.82 Å². The molecule has 1 aromatic heterocycles. The quantitative estimate of drug-likeness (QED) is 0.836. The minimum atomic E-state index is 0.273. The molecule has 4 nitrogen and oxygen atoms in total. The zero-order valence-electron chi connectivity index (χ0n) is 10.8. The van der Waals surface area contributed by atoms with Gasteiger partial charge in [-0.15, -0.1) is 0 Å². The van der Waals surface area contributed by atoms with Crippen LogP contribution in [0.4, 0.5) is 11.5 Å². The third-order valence-corrected chi connectivity index (χ3v) is 3.65. The lowest BCUT2D eigenvalue weighted by Gasteiger charge is -2.13. The number of nitrogens with one attached hydrogen (secondary N) is 2. The van der Waals surface area contributed by atoms with Crippen LogP contribution >= 0.6 is 23.2 Å². The van der Waals surface area contributed by atoms with Crippen LogP contribution in [0.25, 0.3) is 0 Å². The number of anilines is 2. The molecule has 1 aromatic carbocycles. The van der Waals surface area contributed by atoms with Crippen LogP contribution in [0.5, 0.6) is 0 Å². The summed E-state index contributed by atoms with van der Waals surface area (Å²) in [6.45, 7) is 1.83. The Balaban J connectivity index is 1.98. The Morgan fingerprint density at radius 1 is 1.10 bits per heavy atom. The number of hydrogen-bond donors (Lipinski definition) is 2. The molecule has 0 fully saturated rings. The van der Waals surface area contributed by atoms with Gasteiger partial charge in [-0.3, -0.25) is 0 Å². The number of fused-ring (bicyclic) bond motifs is 1. The summed E-state index contributed by atoms with van der Waals surface area (Å²) in [6, 6.07) is 7.54. The van der Waals surface area contributed by atoms with Crippen LogP contribution in [0.15, 0.2) is 24.3 Å². The van der Waals surface area contributed by atoms with Crippen molar-refractivity contribution in [2.75, 3.05) is 18.4 Å². The Bertz CT molecular complexity index is 631. The van der Waals surface area contributed by atoms with Crippen LogP contribution in [-0.4, -0.2) is 23.1 Å². The molecule has 3 rings (SSSR count). The maximum atomic E-state index is 6.02. The van der Waals surface area contributed by atoms with E-state index in [4.69, 9.17) is 23.2 Å². The van der Waals surface area contributed by atoms with Crippen molar-refractivity contribution in [1.29, 1.82) is 0 Å². The lowest BCUT2D eigenvalue weighted by atomic mass is 10.1. The zero-order chi connectivity index (χ0) is 13.9. The molecule has 0 aliphatic carbocycles. The molecule has 20 heavy (non-hydrogen) atoms. The molecule has 2 N–H and O–H groups in total. The second-order valence-electron chi connectivity index (χ2n) is 4.65. The minimum Gasteiger partial charge on any atom is -0.340 e. The maximum absolute atomic E-state index is 6.02. The van der Waals surface area contributed by atoms with Crippen molar-refractivity contribution < 1.29 is 0 Å². The van der Waals surface area contributed by atoms with Gasteiger partial charge in [-0.25, -0.2) is 9.97 Å². The predicted octanol–water partition coefficient (Wildman–Crippen LogP) is 3.22. The van der Waals surface area contributed by atoms with Crippen molar-refractivity contribution >= 4 is 34.7 Å². The minimum absolute atomic E-state index is 0.273. The molecule has 104 valence electrons. The first-order valence-electron chi connectivity index (χ1n) is 6.51. The number of nitrogens with zero attached hydrogens (tertiary/aromatic N) is 2. The van der Waals surface area contributed by atoms with Gasteiger partial charge in [0, 0.05) is 29.2 Å². The Morgan fingerprint density at radius 2 is 1.95 bits per heavy atom. The molecule has 6 heteroatoms. The van der Waals surface area contributed by atoms with Crippen molar-refractivity contribution in [3.8, 4) is 0 Å². The fourth-order valence-corrected chi connectivity index (χ4v) is 2.70. The Hall–Kier alpha value is -1.36. The molecule has 0 amide bonds. The number of benzene rings is 1. The van der Waals surface area contributed by atoms with E-state index >= 15 is 0 Å². The molecule has 0 unspecified atom stereocenters. The van der Waals surface area contributed by atoms with Gasteiger partial charge in [0.25, 0.3) is 0 Å². The predicted molar refractivity (Wildman–Crippen MR) is 82.1 cm³/mol. The van der Waals surface area contributed by atoms with Gasteiger partial charge < -0.3 is 10.6 Å². The van der Waals surface area contributed by atoms with Crippen LogP contribution in [0.2, 0.25) is 10.3 Å². The van der Waals surface area contributed by atoms with Gasteiger partial charge >= 0.3 is 0 Å². The second kappa shape index (κ2) is 5.95. The van der Waals surface area contributed by atoms with E-state index < -0.39 is 0 Å². The number of aromatic nitrogens is 2. The molecular formula is C14H14Cl2N4. The maximum Gasteiger partial charge on any atom is 0.224 e. The summed E-state index contributed by atoms with van der Waals surface area (Å²) in [4.78, 5) is 8.67. The fourth-order valence-electron chi connectivity index (χ4n) is 2.32. The molecular weight excluding hydrogens is 295 g/mol. The molecule has 2 heterocycles. The first kappa shape index (κ1) is 13.6. The van der Waals surface area contributed by atoms with Crippen LogP contribution in [0.3, 0.4) is 0 Å². The van der Waals surface area contributed by atoms with Crippen LogP contribution < -0.4 is 10.6 Å². The molecule has 0 bridgehead atoms. The molecule has 2 aromatic rings. The highest BCUT2D eigenvalue weighted by atomic mass is 35.5. The van der Waals surface area contributed by atoms with Crippen LogP contribution in [0, 0.1) is 0 Å². The van der Waals surface area contributed by atoms with Crippen LogP contribution in [-0.2, 0) is 12.8 Å². The molecule has 1 aliphatic rings. The highest BCUT2D eigenvalue weighted by Gasteiger charge is 2.16. The van der Waals surface area contributed by atoms with E-state index in [9.17, 15) is 0 Å². The monoisotopic (exact) mass is 308 g/mol. The largest absolute Gasteiger partial charge is 0.340 e. The Kier molecular flexibility index (Phi) is 4.05. The van der Waals surface area contributed by atoms with E-state index in [0.717, 1.165) is 48.7 Å². The SMILES string of the molecule is Clc1cccc(Nc2nc(Cl)nc3c2CCNCC3)c1. The highest BCUT2D eigenvalue weighted by molar-refractivity contribution is 6.30. The molecule has 0 atom stereocenters. The van der Waals surface area contributed by atoms with Gasteiger partial charge in [-0.1, -0.05) is 17.7 Å². The number of hydrogen-bond acceptors (Lipinski definition) is 4. The van der Waals surface area contributed by atoms with E-state index in [1.54, 1.807) is 0 Å². The smallest absolute Gasteiger partial charge is 0.224 e. The number of rotatable bonds is 2.